The molecular weight excluding hydrogens is 206 g/mol. The van der Waals surface area contributed by atoms with Crippen molar-refractivity contribution in [2.75, 3.05) is 24.1 Å². The second-order valence-electron chi connectivity index (χ2n) is 3.57. The van der Waals surface area contributed by atoms with Crippen LogP contribution in [0, 0.1) is 6.92 Å². The molecule has 6 nitrogen and oxygen atoms in total. The minimum atomic E-state index is -0.0325. The molecule has 0 aliphatic carbocycles. The Labute approximate surface area is 95.2 Å². The molecule has 0 spiro atoms. The van der Waals surface area contributed by atoms with Crippen LogP contribution in [0.5, 0.6) is 0 Å². The SMILES string of the molecule is CCn1nc(C)c(N)c1NCCNC(C)=O. The number of carbonyl (C=O) groups excluding carboxylic acids is 1. The van der Waals surface area contributed by atoms with E-state index in [-0.39, 0.29) is 5.91 Å². The van der Waals surface area contributed by atoms with Gasteiger partial charge in [-0.2, -0.15) is 5.10 Å². The summed E-state index contributed by atoms with van der Waals surface area (Å²) in [6.45, 7) is 7.35. The number of rotatable bonds is 5. The molecule has 0 unspecified atom stereocenters. The van der Waals surface area contributed by atoms with Crippen LogP contribution in [0.15, 0.2) is 0 Å². The summed E-state index contributed by atoms with van der Waals surface area (Å²) in [5.41, 5.74) is 7.38. The molecule has 0 atom stereocenters. The quantitative estimate of drug-likeness (QED) is 0.631. The molecule has 0 aliphatic rings. The molecule has 1 amide bonds. The van der Waals surface area contributed by atoms with Gasteiger partial charge in [0.05, 0.1) is 11.4 Å². The minimum Gasteiger partial charge on any atom is -0.394 e. The Balaban J connectivity index is 2.55. The number of aryl methyl sites for hydroxylation is 2. The smallest absolute Gasteiger partial charge is 0.216 e. The highest BCUT2D eigenvalue weighted by Crippen LogP contribution is 2.21. The van der Waals surface area contributed by atoms with E-state index in [1.54, 1.807) is 0 Å². The summed E-state index contributed by atoms with van der Waals surface area (Å²) in [7, 11) is 0. The maximum atomic E-state index is 10.7. The minimum absolute atomic E-state index is 0.0325. The van der Waals surface area contributed by atoms with Gasteiger partial charge < -0.3 is 16.4 Å². The molecule has 90 valence electrons. The summed E-state index contributed by atoms with van der Waals surface area (Å²) >= 11 is 0. The van der Waals surface area contributed by atoms with E-state index in [1.165, 1.54) is 6.92 Å². The van der Waals surface area contributed by atoms with Crippen LogP contribution in [0.2, 0.25) is 0 Å². The van der Waals surface area contributed by atoms with Gasteiger partial charge in [-0.05, 0) is 13.8 Å². The van der Waals surface area contributed by atoms with E-state index < -0.39 is 0 Å². The normalized spacial score (nSPS) is 10.2. The summed E-state index contributed by atoms with van der Waals surface area (Å²) in [5.74, 6) is 0.792. The molecular formula is C10H19N5O. The first-order valence-corrected chi connectivity index (χ1v) is 5.37. The molecule has 0 saturated carbocycles. The fourth-order valence-electron chi connectivity index (χ4n) is 1.43. The van der Waals surface area contributed by atoms with Crippen molar-refractivity contribution >= 4 is 17.4 Å². The van der Waals surface area contributed by atoms with Crippen molar-refractivity contribution in [3.05, 3.63) is 5.69 Å². The first-order valence-electron chi connectivity index (χ1n) is 5.37. The Hall–Kier alpha value is -1.72. The standard InChI is InChI=1S/C10H19N5O/c1-4-15-10(9(11)7(2)14-15)13-6-5-12-8(3)16/h13H,4-6,11H2,1-3H3,(H,12,16). The van der Waals surface area contributed by atoms with Crippen LogP contribution >= 0.6 is 0 Å². The maximum absolute atomic E-state index is 10.7. The van der Waals surface area contributed by atoms with Gasteiger partial charge in [-0.3, -0.25) is 4.79 Å². The Bertz CT molecular complexity index is 372. The van der Waals surface area contributed by atoms with Crippen molar-refractivity contribution in [2.24, 2.45) is 0 Å². The van der Waals surface area contributed by atoms with Gasteiger partial charge in [0.2, 0.25) is 5.91 Å². The molecule has 0 aliphatic heterocycles. The largest absolute Gasteiger partial charge is 0.394 e. The van der Waals surface area contributed by atoms with Gasteiger partial charge in [-0.1, -0.05) is 0 Å². The Kier molecular flexibility index (Phi) is 4.16. The number of hydrogen-bond donors (Lipinski definition) is 3. The number of nitrogens with one attached hydrogen (secondary N) is 2. The number of nitrogens with zero attached hydrogens (tertiary/aromatic N) is 2. The lowest BCUT2D eigenvalue weighted by atomic mass is 10.4. The third-order valence-corrected chi connectivity index (χ3v) is 2.26. The van der Waals surface area contributed by atoms with Crippen LogP contribution < -0.4 is 16.4 Å². The summed E-state index contributed by atoms with van der Waals surface area (Å²) < 4.78 is 1.82. The van der Waals surface area contributed by atoms with Crippen LogP contribution in [0.25, 0.3) is 0 Å². The first kappa shape index (κ1) is 12.4. The van der Waals surface area contributed by atoms with E-state index in [0.29, 0.717) is 18.8 Å². The highest BCUT2D eigenvalue weighted by molar-refractivity contribution is 5.72. The van der Waals surface area contributed by atoms with Gasteiger partial charge in [-0.15, -0.1) is 0 Å². The Morgan fingerprint density at radius 1 is 1.50 bits per heavy atom. The van der Waals surface area contributed by atoms with E-state index in [2.05, 4.69) is 15.7 Å². The lowest BCUT2D eigenvalue weighted by Crippen LogP contribution is -2.27. The Morgan fingerprint density at radius 3 is 2.75 bits per heavy atom. The fourth-order valence-corrected chi connectivity index (χ4v) is 1.43. The molecule has 0 radical (unpaired) electrons. The second-order valence-corrected chi connectivity index (χ2v) is 3.57. The van der Waals surface area contributed by atoms with Crippen LogP contribution in [-0.2, 0) is 11.3 Å². The zero-order valence-corrected chi connectivity index (χ0v) is 10.0. The van der Waals surface area contributed by atoms with Crippen molar-refractivity contribution < 1.29 is 4.79 Å². The highest BCUT2D eigenvalue weighted by Gasteiger charge is 2.10. The van der Waals surface area contributed by atoms with Gasteiger partial charge in [0.15, 0.2) is 0 Å². The third kappa shape index (κ3) is 2.88. The molecule has 4 N–H and O–H groups in total. The molecule has 1 aromatic rings. The molecule has 6 heteroatoms. The molecule has 0 saturated heterocycles. The predicted octanol–water partition coefficient (Wildman–Crippen LogP) is 0.342. The van der Waals surface area contributed by atoms with Crippen molar-refractivity contribution in [2.45, 2.75) is 27.3 Å². The van der Waals surface area contributed by atoms with E-state index in [0.717, 1.165) is 18.1 Å². The number of aromatic nitrogens is 2. The monoisotopic (exact) mass is 225 g/mol. The molecule has 0 fully saturated rings. The van der Waals surface area contributed by atoms with E-state index in [9.17, 15) is 4.79 Å². The molecule has 1 aromatic heterocycles. The molecule has 0 aromatic carbocycles. The zero-order valence-electron chi connectivity index (χ0n) is 10.0. The van der Waals surface area contributed by atoms with E-state index >= 15 is 0 Å². The summed E-state index contributed by atoms with van der Waals surface area (Å²) in [6, 6.07) is 0. The van der Waals surface area contributed by atoms with Crippen molar-refractivity contribution in [1.82, 2.24) is 15.1 Å². The second kappa shape index (κ2) is 5.39. The van der Waals surface area contributed by atoms with Crippen LogP contribution in [-0.4, -0.2) is 28.8 Å². The summed E-state index contributed by atoms with van der Waals surface area (Å²) in [4.78, 5) is 10.7. The molecule has 0 bridgehead atoms. The zero-order chi connectivity index (χ0) is 12.1. The average molecular weight is 225 g/mol. The Morgan fingerprint density at radius 2 is 2.19 bits per heavy atom. The van der Waals surface area contributed by atoms with Crippen LogP contribution in [0.4, 0.5) is 11.5 Å². The lowest BCUT2D eigenvalue weighted by Gasteiger charge is -2.09. The molecule has 16 heavy (non-hydrogen) atoms. The van der Waals surface area contributed by atoms with Gasteiger partial charge >= 0.3 is 0 Å². The third-order valence-electron chi connectivity index (χ3n) is 2.26. The average Bonchev–Trinajstić information content (AvgIpc) is 2.50. The van der Waals surface area contributed by atoms with Crippen molar-refractivity contribution in [3.8, 4) is 0 Å². The van der Waals surface area contributed by atoms with Gasteiger partial charge in [0.1, 0.15) is 5.82 Å². The van der Waals surface area contributed by atoms with Crippen molar-refractivity contribution in [3.63, 3.8) is 0 Å². The van der Waals surface area contributed by atoms with E-state index in [4.69, 9.17) is 5.73 Å². The van der Waals surface area contributed by atoms with Crippen LogP contribution in [0.1, 0.15) is 19.5 Å². The first-order chi connectivity index (χ1) is 7.56. The topological polar surface area (TPSA) is 85.0 Å². The lowest BCUT2D eigenvalue weighted by molar-refractivity contribution is -0.118. The predicted molar refractivity (Wildman–Crippen MR) is 64.2 cm³/mol. The number of nitrogen functional groups attached to an aromatic ring is 1. The van der Waals surface area contributed by atoms with E-state index in [1.807, 2.05) is 18.5 Å². The summed E-state index contributed by atoms with van der Waals surface area (Å²) in [5, 5.41) is 10.2. The fraction of sp³-hybridized carbons (Fsp3) is 0.600. The number of nitrogens with two attached hydrogens (primary N) is 1. The molecule has 1 rings (SSSR count). The summed E-state index contributed by atoms with van der Waals surface area (Å²) in [6.07, 6.45) is 0. The van der Waals surface area contributed by atoms with Gasteiger partial charge in [0, 0.05) is 26.6 Å². The number of carbonyl (C=O) groups is 1. The van der Waals surface area contributed by atoms with Gasteiger partial charge in [0.25, 0.3) is 0 Å². The molecule has 1 heterocycles. The van der Waals surface area contributed by atoms with Crippen LogP contribution in [0.3, 0.4) is 0 Å². The highest BCUT2D eigenvalue weighted by atomic mass is 16.1. The number of hydrogen-bond acceptors (Lipinski definition) is 4. The number of anilines is 2. The van der Waals surface area contributed by atoms with Gasteiger partial charge in [-0.25, -0.2) is 4.68 Å². The van der Waals surface area contributed by atoms with Crippen molar-refractivity contribution in [1.29, 1.82) is 0 Å². The maximum Gasteiger partial charge on any atom is 0.216 e. The number of amides is 1.